The third-order valence-corrected chi connectivity index (χ3v) is 3.64. The van der Waals surface area contributed by atoms with Gasteiger partial charge in [0.2, 0.25) is 5.91 Å². The zero-order chi connectivity index (χ0) is 16.7. The zero-order valence-corrected chi connectivity index (χ0v) is 14.8. The average molecular weight is 302 g/mol. The van der Waals surface area contributed by atoms with Crippen LogP contribution in [-0.4, -0.2) is 95.2 Å². The Morgan fingerprint density at radius 2 is 1.57 bits per heavy atom. The monoisotopic (exact) mass is 302 g/mol. The summed E-state index contributed by atoms with van der Waals surface area (Å²) in [5, 5.41) is 5.76. The molecule has 0 aromatic heterocycles. The number of likely N-dealkylation sites (N-methyl/N-ethyl adjacent to an activating group) is 3. The molecule has 1 amide bonds. The van der Waals surface area contributed by atoms with Gasteiger partial charge in [0.1, 0.15) is 18.9 Å². The average Bonchev–Trinajstić information content (AvgIpc) is 2.32. The summed E-state index contributed by atoms with van der Waals surface area (Å²) in [4.78, 5) is 23.1. The summed E-state index contributed by atoms with van der Waals surface area (Å²) >= 11 is 0. The lowest BCUT2D eigenvalue weighted by Crippen LogP contribution is -2.51. The minimum Gasteiger partial charge on any atom is -0.350 e. The predicted molar refractivity (Wildman–Crippen MR) is 85.9 cm³/mol. The van der Waals surface area contributed by atoms with Crippen LogP contribution in [0.3, 0.4) is 0 Å². The van der Waals surface area contributed by atoms with Gasteiger partial charge in [0.05, 0.1) is 54.4 Å². The van der Waals surface area contributed by atoms with Crippen LogP contribution in [0.2, 0.25) is 0 Å². The Morgan fingerprint density at radius 1 is 1.00 bits per heavy atom. The Bertz CT molecular complexity index is 348. The van der Waals surface area contributed by atoms with E-state index in [0.29, 0.717) is 6.54 Å². The lowest BCUT2D eigenvalue weighted by atomic mass is 10.1. The van der Waals surface area contributed by atoms with Gasteiger partial charge in [0.25, 0.3) is 0 Å². The van der Waals surface area contributed by atoms with Crippen LogP contribution in [0.15, 0.2) is 0 Å². The van der Waals surface area contributed by atoms with Gasteiger partial charge in [0.15, 0.2) is 0 Å². The molecule has 6 nitrogen and oxygen atoms in total. The molecule has 0 radical (unpaired) electrons. The maximum absolute atomic E-state index is 11.8. The Kier molecular flexibility index (Phi) is 8.06. The molecule has 124 valence electrons. The van der Waals surface area contributed by atoms with Gasteiger partial charge in [-0.05, 0) is 14.0 Å². The molecule has 0 fully saturated rings. The first-order chi connectivity index (χ1) is 9.47. The number of rotatable bonds is 10. The maximum atomic E-state index is 11.8. The Morgan fingerprint density at radius 3 is 2.00 bits per heavy atom. The molecule has 6 heteroatoms. The lowest BCUT2D eigenvalue weighted by molar-refractivity contribution is -0.936. The van der Waals surface area contributed by atoms with Gasteiger partial charge in [-0.2, -0.15) is 0 Å². The van der Waals surface area contributed by atoms with Crippen molar-refractivity contribution in [3.05, 3.63) is 0 Å². The second-order valence-corrected chi connectivity index (χ2v) is 7.40. The highest BCUT2D eigenvalue weighted by Gasteiger charge is 2.20. The van der Waals surface area contributed by atoms with E-state index in [2.05, 4.69) is 45.9 Å². The first-order valence-electron chi connectivity index (χ1n) is 7.54. The van der Waals surface area contributed by atoms with E-state index in [9.17, 15) is 9.59 Å². The fraction of sp³-hybridized carbons (Fsp3) is 0.867. The molecule has 1 unspecified atom stereocenters. The summed E-state index contributed by atoms with van der Waals surface area (Å²) in [6.07, 6.45) is 0.206. The van der Waals surface area contributed by atoms with Crippen molar-refractivity contribution in [3.8, 4) is 0 Å². The van der Waals surface area contributed by atoms with Crippen molar-refractivity contribution < 1.29 is 18.6 Å². The number of amides is 1. The van der Waals surface area contributed by atoms with E-state index in [-0.39, 0.29) is 24.2 Å². The maximum Gasteiger partial charge on any atom is 0.222 e. The number of carbonyl (C=O) groups is 2. The molecule has 0 rings (SSSR count). The van der Waals surface area contributed by atoms with Gasteiger partial charge in [0, 0.05) is 6.42 Å². The van der Waals surface area contributed by atoms with E-state index in [0.717, 1.165) is 28.6 Å². The van der Waals surface area contributed by atoms with Gasteiger partial charge in [-0.25, -0.2) is 0 Å². The topological polar surface area (TPSA) is 58.2 Å². The van der Waals surface area contributed by atoms with Crippen molar-refractivity contribution in [2.24, 2.45) is 0 Å². The van der Waals surface area contributed by atoms with E-state index >= 15 is 0 Å². The molecular formula is C15H34N4O2+2. The number of nitrogens with zero attached hydrogens (tertiary/aromatic N) is 2. The number of Topliss-reactive ketones (excluding diaryl/α,β-unsaturated/α-hetero) is 1. The first-order valence-corrected chi connectivity index (χ1v) is 7.54. The number of quaternary nitrogens is 2. The molecule has 0 aliphatic carbocycles. The molecule has 0 aromatic rings. The quantitative estimate of drug-likeness (QED) is 0.533. The molecule has 0 heterocycles. The highest BCUT2D eigenvalue weighted by atomic mass is 16.2. The van der Waals surface area contributed by atoms with Crippen LogP contribution >= 0.6 is 0 Å². The van der Waals surface area contributed by atoms with Crippen LogP contribution in [0.5, 0.6) is 0 Å². The largest absolute Gasteiger partial charge is 0.350 e. The van der Waals surface area contributed by atoms with Crippen molar-refractivity contribution in [1.82, 2.24) is 10.6 Å². The van der Waals surface area contributed by atoms with Crippen molar-refractivity contribution in [3.63, 3.8) is 0 Å². The minimum atomic E-state index is -0.384. The summed E-state index contributed by atoms with van der Waals surface area (Å²) in [6.45, 7) is 5.17. The minimum absolute atomic E-state index is 0.00768. The van der Waals surface area contributed by atoms with Crippen molar-refractivity contribution in [2.75, 3.05) is 68.5 Å². The number of hydrogen-bond donors (Lipinski definition) is 2. The third-order valence-electron chi connectivity index (χ3n) is 3.64. The number of ketones is 1. The smallest absolute Gasteiger partial charge is 0.222 e. The standard InChI is InChI=1S/C15H33N4O2/c1-13(20)14(16-2)12-15(21)17-8-9-19(6,7)11-10-18(3,4)5/h14,16H,8-12H2,1-7H3/q+1/p+1. The molecule has 21 heavy (non-hydrogen) atoms. The Labute approximate surface area is 129 Å². The van der Waals surface area contributed by atoms with Crippen LogP contribution in [0.25, 0.3) is 0 Å². The number of nitrogens with one attached hydrogen (secondary N) is 2. The summed E-state index contributed by atoms with van der Waals surface area (Å²) in [6, 6.07) is -0.384. The number of carbonyl (C=O) groups excluding carboxylic acids is 2. The van der Waals surface area contributed by atoms with E-state index in [1.165, 1.54) is 6.92 Å². The van der Waals surface area contributed by atoms with Crippen molar-refractivity contribution in [1.29, 1.82) is 0 Å². The summed E-state index contributed by atoms with van der Waals surface area (Å²) in [5.74, 6) is -0.0807. The molecule has 0 spiro atoms. The summed E-state index contributed by atoms with van der Waals surface area (Å²) < 4.78 is 1.81. The predicted octanol–water partition coefficient (Wildman–Crippen LogP) is -0.548. The molecule has 2 N–H and O–H groups in total. The molecular weight excluding hydrogens is 268 g/mol. The molecule has 0 aromatic carbocycles. The van der Waals surface area contributed by atoms with Crippen LogP contribution in [0.4, 0.5) is 0 Å². The summed E-state index contributed by atoms with van der Waals surface area (Å²) in [7, 11) is 12.6. The fourth-order valence-electron chi connectivity index (χ4n) is 1.89. The fourth-order valence-corrected chi connectivity index (χ4v) is 1.89. The van der Waals surface area contributed by atoms with E-state index in [1.54, 1.807) is 7.05 Å². The van der Waals surface area contributed by atoms with Gasteiger partial charge in [-0.3, -0.25) is 9.59 Å². The van der Waals surface area contributed by atoms with Gasteiger partial charge >= 0.3 is 0 Å². The zero-order valence-electron chi connectivity index (χ0n) is 14.8. The molecule has 0 saturated heterocycles. The van der Waals surface area contributed by atoms with E-state index in [4.69, 9.17) is 0 Å². The van der Waals surface area contributed by atoms with Gasteiger partial charge in [-0.15, -0.1) is 0 Å². The van der Waals surface area contributed by atoms with Crippen molar-refractivity contribution in [2.45, 2.75) is 19.4 Å². The van der Waals surface area contributed by atoms with Crippen LogP contribution in [0.1, 0.15) is 13.3 Å². The first kappa shape index (κ1) is 20.0. The molecule has 0 aliphatic rings. The highest BCUT2D eigenvalue weighted by Crippen LogP contribution is 2.00. The van der Waals surface area contributed by atoms with Crippen LogP contribution < -0.4 is 10.6 Å². The lowest BCUT2D eigenvalue weighted by Gasteiger charge is -2.33. The summed E-state index contributed by atoms with van der Waals surface area (Å²) in [5.41, 5.74) is 0. The molecule has 0 saturated carbocycles. The normalized spacial score (nSPS) is 13.9. The van der Waals surface area contributed by atoms with Crippen LogP contribution in [-0.2, 0) is 9.59 Å². The van der Waals surface area contributed by atoms with E-state index < -0.39 is 0 Å². The van der Waals surface area contributed by atoms with Crippen molar-refractivity contribution >= 4 is 11.7 Å². The molecule has 1 atom stereocenters. The SMILES string of the molecule is CNC(CC(=O)NCC[N+](C)(C)CC[N+](C)(C)C)C(C)=O. The molecule has 0 aliphatic heterocycles. The number of hydrogen-bond acceptors (Lipinski definition) is 3. The highest BCUT2D eigenvalue weighted by molar-refractivity contribution is 5.88. The second kappa shape index (κ2) is 8.46. The second-order valence-electron chi connectivity index (χ2n) is 7.40. The Balaban J connectivity index is 4.06. The Hall–Kier alpha value is -0.980. The van der Waals surface area contributed by atoms with Gasteiger partial charge < -0.3 is 19.6 Å². The third kappa shape index (κ3) is 10.4. The van der Waals surface area contributed by atoms with Crippen LogP contribution in [0, 0.1) is 0 Å². The van der Waals surface area contributed by atoms with E-state index in [1.807, 2.05) is 0 Å². The van der Waals surface area contributed by atoms with Gasteiger partial charge in [-0.1, -0.05) is 0 Å². The molecule has 0 bridgehead atoms.